The van der Waals surface area contributed by atoms with E-state index < -0.39 is 0 Å². The first-order chi connectivity index (χ1) is 6.22. The monoisotopic (exact) mass is 178 g/mol. The molecule has 70 valence electrons. The quantitative estimate of drug-likeness (QED) is 0.280. The lowest BCUT2D eigenvalue weighted by Gasteiger charge is -1.99. The van der Waals surface area contributed by atoms with Gasteiger partial charge in [0.15, 0.2) is 0 Å². The molecule has 0 heterocycles. The molecule has 0 N–H and O–H groups in total. The van der Waals surface area contributed by atoms with Crippen LogP contribution in [0.5, 0.6) is 0 Å². The van der Waals surface area contributed by atoms with Gasteiger partial charge in [-0.2, -0.15) is 0 Å². The number of carbonyl (C=O) groups excluding carboxylic acids is 1. The van der Waals surface area contributed by atoms with Crippen molar-refractivity contribution in [2.24, 2.45) is 0 Å². The molecule has 0 aliphatic carbocycles. The van der Waals surface area contributed by atoms with Gasteiger partial charge in [-0.25, -0.2) is 4.79 Å². The van der Waals surface area contributed by atoms with E-state index in [0.717, 1.165) is 0 Å². The Bertz CT molecular complexity index is 247. The summed E-state index contributed by atoms with van der Waals surface area (Å²) in [6.07, 6.45) is 8.32. The molecule has 0 aromatic carbocycles. The summed E-state index contributed by atoms with van der Waals surface area (Å²) in [6.45, 7) is 8.89. The van der Waals surface area contributed by atoms with Crippen LogP contribution < -0.4 is 0 Å². The van der Waals surface area contributed by atoms with E-state index in [-0.39, 0.29) is 12.6 Å². The first-order valence-corrected chi connectivity index (χ1v) is 3.96. The fourth-order valence-corrected chi connectivity index (χ4v) is 0.595. The van der Waals surface area contributed by atoms with E-state index >= 15 is 0 Å². The molecule has 0 aromatic rings. The molecule has 0 aliphatic rings. The molecule has 0 aromatic heterocycles. The van der Waals surface area contributed by atoms with Crippen LogP contribution in [0.25, 0.3) is 0 Å². The summed E-state index contributed by atoms with van der Waals surface area (Å²) in [4.78, 5) is 11.1. The Hall–Kier alpha value is -1.57. The minimum Gasteiger partial charge on any atom is -0.458 e. The Balaban J connectivity index is 4.07. The lowest BCUT2D eigenvalue weighted by atomic mass is 10.3. The second kappa shape index (κ2) is 7.10. The van der Waals surface area contributed by atoms with Gasteiger partial charge in [-0.05, 0) is 6.92 Å². The van der Waals surface area contributed by atoms with Crippen molar-refractivity contribution in [2.75, 3.05) is 6.61 Å². The standard InChI is InChI=1S/C11H14O2/c1-4-6-7-8-10(3)11(12)13-9-5-2/h4-8H,1-2,9H2,3H3. The van der Waals surface area contributed by atoms with Gasteiger partial charge in [0.2, 0.25) is 0 Å². The maximum absolute atomic E-state index is 11.1. The maximum Gasteiger partial charge on any atom is 0.334 e. The lowest BCUT2D eigenvalue weighted by molar-refractivity contribution is -0.137. The third-order valence-electron chi connectivity index (χ3n) is 1.25. The smallest absolute Gasteiger partial charge is 0.334 e. The van der Waals surface area contributed by atoms with Crippen LogP contribution in [0.1, 0.15) is 6.92 Å². The maximum atomic E-state index is 11.1. The molecule has 0 fully saturated rings. The normalized spacial score (nSPS) is 11.3. The van der Waals surface area contributed by atoms with Crippen LogP contribution in [0, 0.1) is 0 Å². The Morgan fingerprint density at radius 2 is 2.08 bits per heavy atom. The van der Waals surface area contributed by atoms with E-state index in [9.17, 15) is 4.79 Å². The number of ether oxygens (including phenoxy) is 1. The highest BCUT2D eigenvalue weighted by molar-refractivity contribution is 5.88. The van der Waals surface area contributed by atoms with Crippen LogP contribution in [-0.2, 0) is 9.53 Å². The van der Waals surface area contributed by atoms with E-state index in [0.29, 0.717) is 5.57 Å². The van der Waals surface area contributed by atoms with Crippen molar-refractivity contribution in [1.29, 1.82) is 0 Å². The average molecular weight is 178 g/mol. The number of esters is 1. The summed E-state index contributed by atoms with van der Waals surface area (Å²) >= 11 is 0. The second-order valence-corrected chi connectivity index (χ2v) is 2.36. The largest absolute Gasteiger partial charge is 0.458 e. The van der Waals surface area contributed by atoms with Crippen molar-refractivity contribution in [2.45, 2.75) is 6.92 Å². The van der Waals surface area contributed by atoms with Crippen molar-refractivity contribution < 1.29 is 9.53 Å². The van der Waals surface area contributed by atoms with Gasteiger partial charge in [-0.15, -0.1) is 0 Å². The molecular formula is C11H14O2. The third kappa shape index (κ3) is 5.67. The third-order valence-corrected chi connectivity index (χ3v) is 1.25. The highest BCUT2D eigenvalue weighted by atomic mass is 16.5. The van der Waals surface area contributed by atoms with E-state index in [1.54, 1.807) is 31.2 Å². The SMILES string of the molecule is C=CC=CC=C(C)C(=O)OCC=C. The zero-order valence-electron chi connectivity index (χ0n) is 7.82. The van der Waals surface area contributed by atoms with Gasteiger partial charge >= 0.3 is 5.97 Å². The van der Waals surface area contributed by atoms with E-state index in [4.69, 9.17) is 4.74 Å². The molecule has 0 unspecified atom stereocenters. The van der Waals surface area contributed by atoms with Gasteiger partial charge in [0.05, 0.1) is 0 Å². The predicted octanol–water partition coefficient (Wildman–Crippen LogP) is 2.40. The van der Waals surface area contributed by atoms with Crippen LogP contribution in [0.3, 0.4) is 0 Å². The minimum atomic E-state index is -0.325. The molecule has 0 rings (SSSR count). The van der Waals surface area contributed by atoms with Crippen molar-refractivity contribution in [3.8, 4) is 0 Å². The Morgan fingerprint density at radius 3 is 2.62 bits per heavy atom. The molecule has 2 heteroatoms. The van der Waals surface area contributed by atoms with Crippen LogP contribution in [0.15, 0.2) is 49.1 Å². The van der Waals surface area contributed by atoms with E-state index in [2.05, 4.69) is 13.2 Å². The molecule has 0 saturated carbocycles. The van der Waals surface area contributed by atoms with Gasteiger partial charge < -0.3 is 4.74 Å². The zero-order chi connectivity index (χ0) is 10.1. The minimum absolute atomic E-state index is 0.245. The second-order valence-electron chi connectivity index (χ2n) is 2.36. The van der Waals surface area contributed by atoms with Gasteiger partial charge in [0, 0.05) is 5.57 Å². The molecular weight excluding hydrogens is 164 g/mol. The van der Waals surface area contributed by atoms with E-state index in [1.165, 1.54) is 6.08 Å². The number of allylic oxidation sites excluding steroid dienone is 4. The number of hydrogen-bond donors (Lipinski definition) is 0. The molecule has 13 heavy (non-hydrogen) atoms. The first-order valence-electron chi connectivity index (χ1n) is 3.96. The number of rotatable bonds is 5. The van der Waals surface area contributed by atoms with Crippen LogP contribution in [0.4, 0.5) is 0 Å². The predicted molar refractivity (Wildman–Crippen MR) is 54.3 cm³/mol. The molecule has 0 spiro atoms. The Labute approximate surface area is 78.9 Å². The molecule has 0 atom stereocenters. The van der Waals surface area contributed by atoms with Gasteiger partial charge in [0.1, 0.15) is 6.61 Å². The number of hydrogen-bond acceptors (Lipinski definition) is 2. The summed E-state index contributed by atoms with van der Waals surface area (Å²) in [5.41, 5.74) is 0.556. The summed E-state index contributed by atoms with van der Waals surface area (Å²) in [7, 11) is 0. The first kappa shape index (κ1) is 11.4. The highest BCUT2D eigenvalue weighted by Crippen LogP contribution is 1.97. The van der Waals surface area contributed by atoms with Crippen molar-refractivity contribution in [1.82, 2.24) is 0 Å². The fourth-order valence-electron chi connectivity index (χ4n) is 0.595. The van der Waals surface area contributed by atoms with Crippen LogP contribution in [-0.4, -0.2) is 12.6 Å². The Kier molecular flexibility index (Phi) is 6.24. The van der Waals surface area contributed by atoms with Crippen molar-refractivity contribution >= 4 is 5.97 Å². The summed E-state index contributed by atoms with van der Waals surface area (Å²) in [5.74, 6) is -0.325. The molecule has 0 aliphatic heterocycles. The molecule has 0 bridgehead atoms. The Morgan fingerprint density at radius 1 is 1.38 bits per heavy atom. The zero-order valence-corrected chi connectivity index (χ0v) is 7.82. The lowest BCUT2D eigenvalue weighted by Crippen LogP contribution is -2.05. The molecule has 0 amide bonds. The van der Waals surface area contributed by atoms with Gasteiger partial charge in [0.25, 0.3) is 0 Å². The van der Waals surface area contributed by atoms with Crippen molar-refractivity contribution in [3.63, 3.8) is 0 Å². The average Bonchev–Trinajstić information content (AvgIpc) is 2.14. The van der Waals surface area contributed by atoms with Crippen LogP contribution >= 0.6 is 0 Å². The van der Waals surface area contributed by atoms with Crippen LogP contribution in [0.2, 0.25) is 0 Å². The summed E-state index contributed by atoms with van der Waals surface area (Å²) in [5, 5.41) is 0. The molecule has 0 saturated heterocycles. The summed E-state index contributed by atoms with van der Waals surface area (Å²) in [6, 6.07) is 0. The van der Waals surface area contributed by atoms with E-state index in [1.807, 2.05) is 0 Å². The topological polar surface area (TPSA) is 26.3 Å². The highest BCUT2D eigenvalue weighted by Gasteiger charge is 2.01. The van der Waals surface area contributed by atoms with Gasteiger partial charge in [-0.1, -0.05) is 43.5 Å². The molecule has 0 radical (unpaired) electrons. The van der Waals surface area contributed by atoms with Gasteiger partial charge in [-0.3, -0.25) is 0 Å². The summed E-state index contributed by atoms with van der Waals surface area (Å²) < 4.78 is 4.80. The molecule has 2 nitrogen and oxygen atoms in total. The number of carbonyl (C=O) groups is 1. The fraction of sp³-hybridized carbons (Fsp3) is 0.182. The van der Waals surface area contributed by atoms with Crippen molar-refractivity contribution in [3.05, 3.63) is 49.1 Å².